The van der Waals surface area contributed by atoms with Crippen molar-refractivity contribution in [3.63, 3.8) is 0 Å². The average molecular weight is 334 g/mol. The third kappa shape index (κ3) is 3.18. The van der Waals surface area contributed by atoms with Crippen LogP contribution in [-0.2, 0) is 20.0 Å². The van der Waals surface area contributed by atoms with Gasteiger partial charge in [-0.25, -0.2) is 0 Å². The minimum atomic E-state index is -1.34. The zero-order valence-electron chi connectivity index (χ0n) is 13.2. The number of nitrogens with zero attached hydrogens (tertiary/aromatic N) is 1. The molecule has 24 heavy (non-hydrogen) atoms. The molecule has 0 aliphatic carbocycles. The summed E-state index contributed by atoms with van der Waals surface area (Å²) < 4.78 is 10.5. The maximum Gasteiger partial charge on any atom is 0.240 e. The minimum Gasteiger partial charge on any atom is -0.454 e. The van der Waals surface area contributed by atoms with Gasteiger partial charge >= 0.3 is 0 Å². The Labute approximate surface area is 138 Å². The SMILES string of the molecule is CC(O)(CNC(=O)CN1C(=O)CCC1=O)c1ccc2c(c1)OCO2. The number of carbonyl (C=O) groups excluding carboxylic acids is 3. The van der Waals surface area contributed by atoms with Gasteiger partial charge < -0.3 is 19.9 Å². The van der Waals surface area contributed by atoms with Crippen LogP contribution in [0.5, 0.6) is 11.5 Å². The summed E-state index contributed by atoms with van der Waals surface area (Å²) in [5, 5.41) is 13.1. The Hall–Kier alpha value is -2.61. The molecule has 0 saturated carbocycles. The molecule has 128 valence electrons. The molecule has 0 radical (unpaired) electrons. The molecule has 8 nitrogen and oxygen atoms in total. The fourth-order valence-electron chi connectivity index (χ4n) is 2.60. The number of carbonyl (C=O) groups is 3. The molecule has 1 atom stereocenters. The topological polar surface area (TPSA) is 105 Å². The number of rotatable bonds is 5. The first-order valence-corrected chi connectivity index (χ1v) is 7.59. The van der Waals surface area contributed by atoms with Crippen molar-refractivity contribution in [3.05, 3.63) is 23.8 Å². The molecule has 1 aromatic carbocycles. The van der Waals surface area contributed by atoms with Gasteiger partial charge in [0.1, 0.15) is 12.1 Å². The highest BCUT2D eigenvalue weighted by atomic mass is 16.7. The van der Waals surface area contributed by atoms with E-state index in [2.05, 4.69) is 5.32 Å². The van der Waals surface area contributed by atoms with Crippen molar-refractivity contribution in [2.24, 2.45) is 0 Å². The molecule has 1 unspecified atom stereocenters. The lowest BCUT2D eigenvalue weighted by Crippen LogP contribution is -2.44. The van der Waals surface area contributed by atoms with Gasteiger partial charge in [-0.15, -0.1) is 0 Å². The molecule has 0 bridgehead atoms. The van der Waals surface area contributed by atoms with Crippen molar-refractivity contribution in [3.8, 4) is 11.5 Å². The summed E-state index contributed by atoms with van der Waals surface area (Å²) in [6.07, 6.45) is 0.280. The van der Waals surface area contributed by atoms with Crippen LogP contribution in [0.4, 0.5) is 0 Å². The van der Waals surface area contributed by atoms with E-state index in [1.807, 2.05) is 0 Å². The van der Waals surface area contributed by atoms with Crippen LogP contribution < -0.4 is 14.8 Å². The summed E-state index contributed by atoms with van der Waals surface area (Å²) in [6, 6.07) is 5.03. The number of imide groups is 1. The molecule has 2 aliphatic heterocycles. The van der Waals surface area contributed by atoms with Crippen LogP contribution in [0, 0.1) is 0 Å². The highest BCUT2D eigenvalue weighted by Gasteiger charge is 2.31. The van der Waals surface area contributed by atoms with Crippen molar-refractivity contribution in [1.82, 2.24) is 10.2 Å². The Bertz CT molecular complexity index is 684. The molecule has 1 saturated heterocycles. The van der Waals surface area contributed by atoms with Crippen molar-refractivity contribution >= 4 is 17.7 Å². The number of hydrogen-bond donors (Lipinski definition) is 2. The van der Waals surface area contributed by atoms with E-state index >= 15 is 0 Å². The largest absolute Gasteiger partial charge is 0.454 e. The predicted octanol–water partition coefficient (Wildman–Crippen LogP) is -0.112. The lowest BCUT2D eigenvalue weighted by molar-refractivity contribution is -0.142. The number of ether oxygens (including phenoxy) is 2. The quantitative estimate of drug-likeness (QED) is 0.728. The summed E-state index contributed by atoms with van der Waals surface area (Å²) in [7, 11) is 0. The van der Waals surface area contributed by atoms with Crippen molar-refractivity contribution in [2.45, 2.75) is 25.4 Å². The highest BCUT2D eigenvalue weighted by molar-refractivity contribution is 6.04. The van der Waals surface area contributed by atoms with Gasteiger partial charge in [-0.3, -0.25) is 19.3 Å². The molecule has 3 amide bonds. The van der Waals surface area contributed by atoms with Gasteiger partial charge in [0, 0.05) is 12.8 Å². The summed E-state index contributed by atoms with van der Waals surface area (Å²) in [6.45, 7) is 1.29. The van der Waals surface area contributed by atoms with E-state index in [1.165, 1.54) is 0 Å². The normalized spacial score (nSPS) is 18.7. The Balaban J connectivity index is 1.59. The third-order valence-electron chi connectivity index (χ3n) is 4.08. The van der Waals surface area contributed by atoms with Gasteiger partial charge in [-0.2, -0.15) is 0 Å². The van der Waals surface area contributed by atoms with Crippen molar-refractivity contribution in [1.29, 1.82) is 0 Å². The molecular weight excluding hydrogens is 316 g/mol. The number of nitrogens with one attached hydrogen (secondary N) is 1. The number of likely N-dealkylation sites (tertiary alicyclic amines) is 1. The van der Waals surface area contributed by atoms with Crippen LogP contribution >= 0.6 is 0 Å². The number of hydrogen-bond acceptors (Lipinski definition) is 6. The molecule has 8 heteroatoms. The monoisotopic (exact) mass is 334 g/mol. The Morgan fingerprint density at radius 1 is 1.25 bits per heavy atom. The number of fused-ring (bicyclic) bond motifs is 1. The number of benzene rings is 1. The molecule has 0 spiro atoms. The van der Waals surface area contributed by atoms with Crippen molar-refractivity contribution < 1.29 is 29.0 Å². The molecular formula is C16H18N2O6. The zero-order chi connectivity index (χ0) is 17.3. The standard InChI is InChI=1S/C16H18N2O6/c1-16(22,10-2-3-11-12(6-10)24-9-23-11)8-17-13(19)7-18-14(20)4-5-15(18)21/h2-3,6,22H,4-5,7-9H2,1H3,(H,17,19). The second kappa shape index (κ2) is 6.12. The minimum absolute atomic E-state index is 0.0678. The van der Waals surface area contributed by atoms with Crippen LogP contribution in [-0.4, -0.2) is 47.6 Å². The van der Waals surface area contributed by atoms with Gasteiger partial charge in [-0.05, 0) is 24.6 Å². The maximum atomic E-state index is 11.9. The molecule has 2 N–H and O–H groups in total. The number of amides is 3. The Morgan fingerprint density at radius 2 is 1.92 bits per heavy atom. The average Bonchev–Trinajstić information content (AvgIpc) is 3.14. The van der Waals surface area contributed by atoms with Crippen molar-refractivity contribution in [2.75, 3.05) is 19.9 Å². The van der Waals surface area contributed by atoms with Gasteiger partial charge in [0.15, 0.2) is 11.5 Å². The lowest BCUT2D eigenvalue weighted by Gasteiger charge is -2.25. The summed E-state index contributed by atoms with van der Waals surface area (Å²) >= 11 is 0. The number of aliphatic hydroxyl groups is 1. The molecule has 1 fully saturated rings. The van der Waals surface area contributed by atoms with Gasteiger partial charge in [-0.1, -0.05) is 6.07 Å². The maximum absolute atomic E-state index is 11.9. The molecule has 0 aromatic heterocycles. The second-order valence-corrected chi connectivity index (χ2v) is 5.99. The summed E-state index contributed by atoms with van der Waals surface area (Å²) in [5.41, 5.74) is -0.782. The van der Waals surface area contributed by atoms with Crippen LogP contribution in [0.2, 0.25) is 0 Å². The van der Waals surface area contributed by atoms with Crippen LogP contribution in [0.1, 0.15) is 25.3 Å². The highest BCUT2D eigenvalue weighted by Crippen LogP contribution is 2.35. The Kier molecular flexibility index (Phi) is 4.15. The van der Waals surface area contributed by atoms with E-state index in [1.54, 1.807) is 25.1 Å². The van der Waals surface area contributed by atoms with Crippen LogP contribution in [0.15, 0.2) is 18.2 Å². The zero-order valence-corrected chi connectivity index (χ0v) is 13.2. The van der Waals surface area contributed by atoms with E-state index < -0.39 is 11.5 Å². The predicted molar refractivity (Wildman–Crippen MR) is 81.1 cm³/mol. The van der Waals surface area contributed by atoms with E-state index in [4.69, 9.17) is 9.47 Å². The van der Waals surface area contributed by atoms with Gasteiger partial charge in [0.05, 0.1) is 6.54 Å². The second-order valence-electron chi connectivity index (χ2n) is 5.99. The lowest BCUT2D eigenvalue weighted by atomic mass is 9.95. The molecule has 2 heterocycles. The smallest absolute Gasteiger partial charge is 0.240 e. The van der Waals surface area contributed by atoms with E-state index in [9.17, 15) is 19.5 Å². The molecule has 3 rings (SSSR count). The summed E-state index contributed by atoms with van der Waals surface area (Å²) in [4.78, 5) is 35.9. The van der Waals surface area contributed by atoms with E-state index in [-0.39, 0.29) is 44.5 Å². The van der Waals surface area contributed by atoms with Gasteiger partial charge in [0.25, 0.3) is 0 Å². The summed E-state index contributed by atoms with van der Waals surface area (Å²) in [5.74, 6) is -0.0630. The van der Waals surface area contributed by atoms with Crippen LogP contribution in [0.25, 0.3) is 0 Å². The first kappa shape index (κ1) is 16.3. The van der Waals surface area contributed by atoms with Crippen LogP contribution in [0.3, 0.4) is 0 Å². The fraction of sp³-hybridized carbons (Fsp3) is 0.438. The fourth-order valence-corrected chi connectivity index (χ4v) is 2.60. The van der Waals surface area contributed by atoms with E-state index in [0.717, 1.165) is 4.90 Å². The third-order valence-corrected chi connectivity index (χ3v) is 4.08. The molecule has 1 aromatic rings. The first-order chi connectivity index (χ1) is 11.4. The molecule has 2 aliphatic rings. The van der Waals surface area contributed by atoms with E-state index in [0.29, 0.717) is 17.1 Å². The van der Waals surface area contributed by atoms with Gasteiger partial charge in [0.2, 0.25) is 24.5 Å². The first-order valence-electron chi connectivity index (χ1n) is 7.59. The Morgan fingerprint density at radius 3 is 2.62 bits per heavy atom.